The van der Waals surface area contributed by atoms with Gasteiger partial charge in [-0.25, -0.2) is 0 Å². The standard InChI is InChI=1S/C17H21N3O3/c1-19(16(21)15-7-10-23-18-15)12-17(22)8-9-20(13-17)11-14-5-3-2-4-6-14/h2-7,10,22H,8-9,11-13H2,1H3/t17-/m0/s1. The molecule has 6 nitrogen and oxygen atoms in total. The molecule has 1 aromatic heterocycles. The number of nitrogens with zero attached hydrogens (tertiary/aromatic N) is 3. The molecule has 1 atom stereocenters. The topological polar surface area (TPSA) is 69.8 Å². The van der Waals surface area contributed by atoms with Crippen molar-refractivity contribution in [2.75, 3.05) is 26.7 Å². The van der Waals surface area contributed by atoms with Crippen molar-refractivity contribution in [3.63, 3.8) is 0 Å². The summed E-state index contributed by atoms with van der Waals surface area (Å²) in [6.07, 6.45) is 2.02. The van der Waals surface area contributed by atoms with Crippen LogP contribution in [-0.4, -0.2) is 58.3 Å². The molecule has 1 N–H and O–H groups in total. The molecule has 0 unspecified atom stereocenters. The van der Waals surface area contributed by atoms with E-state index in [0.29, 0.717) is 13.0 Å². The van der Waals surface area contributed by atoms with Crippen LogP contribution >= 0.6 is 0 Å². The van der Waals surface area contributed by atoms with Gasteiger partial charge in [-0.15, -0.1) is 0 Å². The molecule has 1 aliphatic rings. The Labute approximate surface area is 135 Å². The lowest BCUT2D eigenvalue weighted by Crippen LogP contribution is -2.45. The van der Waals surface area contributed by atoms with Crippen LogP contribution in [0.2, 0.25) is 0 Å². The Bertz CT molecular complexity index is 644. The summed E-state index contributed by atoms with van der Waals surface area (Å²) >= 11 is 0. The Hall–Kier alpha value is -2.18. The van der Waals surface area contributed by atoms with Crippen LogP contribution in [0.3, 0.4) is 0 Å². The molecule has 1 saturated heterocycles. The third-order valence-corrected chi connectivity index (χ3v) is 4.20. The molecule has 1 fully saturated rings. The van der Waals surface area contributed by atoms with E-state index in [1.54, 1.807) is 7.05 Å². The van der Waals surface area contributed by atoms with E-state index in [-0.39, 0.29) is 18.1 Å². The minimum absolute atomic E-state index is 0.242. The molecule has 1 aliphatic heterocycles. The van der Waals surface area contributed by atoms with Gasteiger partial charge in [-0.2, -0.15) is 0 Å². The van der Waals surface area contributed by atoms with Gasteiger partial charge in [0.2, 0.25) is 0 Å². The van der Waals surface area contributed by atoms with Crippen molar-refractivity contribution in [1.29, 1.82) is 0 Å². The van der Waals surface area contributed by atoms with Crippen LogP contribution in [0, 0.1) is 0 Å². The lowest BCUT2D eigenvalue weighted by molar-refractivity contribution is 0.0167. The lowest BCUT2D eigenvalue weighted by Gasteiger charge is -2.28. The zero-order valence-electron chi connectivity index (χ0n) is 13.2. The molecule has 0 spiro atoms. The Morgan fingerprint density at radius 3 is 2.87 bits per heavy atom. The Morgan fingerprint density at radius 2 is 2.17 bits per heavy atom. The molecular weight excluding hydrogens is 294 g/mol. The SMILES string of the molecule is CN(C[C@@]1(O)CCN(Cc2ccccc2)C1)C(=O)c1ccon1. The van der Waals surface area contributed by atoms with Crippen LogP contribution in [0.5, 0.6) is 0 Å². The molecule has 3 rings (SSSR count). The first kappa shape index (κ1) is 15.7. The number of carbonyl (C=O) groups excluding carboxylic acids is 1. The number of likely N-dealkylation sites (tertiary alicyclic amines) is 1. The average Bonchev–Trinajstić information content (AvgIpc) is 3.18. The first-order chi connectivity index (χ1) is 11.1. The number of aromatic nitrogens is 1. The summed E-state index contributed by atoms with van der Waals surface area (Å²) in [5, 5.41) is 14.4. The molecule has 23 heavy (non-hydrogen) atoms. The van der Waals surface area contributed by atoms with Crippen molar-refractivity contribution < 1.29 is 14.4 Å². The summed E-state index contributed by atoms with van der Waals surface area (Å²) in [6, 6.07) is 11.7. The van der Waals surface area contributed by atoms with E-state index in [1.807, 2.05) is 18.2 Å². The minimum atomic E-state index is -0.886. The number of likely N-dealkylation sites (N-methyl/N-ethyl adjacent to an activating group) is 1. The van der Waals surface area contributed by atoms with E-state index < -0.39 is 5.60 Å². The molecule has 0 radical (unpaired) electrons. The minimum Gasteiger partial charge on any atom is -0.387 e. The van der Waals surface area contributed by atoms with Crippen LogP contribution < -0.4 is 0 Å². The van der Waals surface area contributed by atoms with Crippen LogP contribution in [0.25, 0.3) is 0 Å². The second-order valence-electron chi connectivity index (χ2n) is 6.22. The lowest BCUT2D eigenvalue weighted by atomic mass is 10.0. The number of carbonyl (C=O) groups is 1. The first-order valence-corrected chi connectivity index (χ1v) is 7.70. The fourth-order valence-corrected chi connectivity index (χ4v) is 3.08. The highest BCUT2D eigenvalue weighted by molar-refractivity contribution is 5.91. The smallest absolute Gasteiger partial charge is 0.275 e. The van der Waals surface area contributed by atoms with E-state index >= 15 is 0 Å². The first-order valence-electron chi connectivity index (χ1n) is 7.70. The predicted octanol–water partition coefficient (Wildman–Crippen LogP) is 1.38. The fourth-order valence-electron chi connectivity index (χ4n) is 3.08. The van der Waals surface area contributed by atoms with Gasteiger partial charge in [0, 0.05) is 32.7 Å². The highest BCUT2D eigenvalue weighted by Crippen LogP contribution is 2.24. The molecule has 122 valence electrons. The molecule has 2 aromatic rings. The molecular formula is C17H21N3O3. The van der Waals surface area contributed by atoms with Crippen molar-refractivity contribution in [2.45, 2.75) is 18.6 Å². The number of hydrogen-bond acceptors (Lipinski definition) is 5. The van der Waals surface area contributed by atoms with E-state index in [0.717, 1.165) is 13.1 Å². The number of amides is 1. The van der Waals surface area contributed by atoms with Crippen molar-refractivity contribution in [2.24, 2.45) is 0 Å². The summed E-state index contributed by atoms with van der Waals surface area (Å²) in [4.78, 5) is 15.9. The molecule has 2 heterocycles. The van der Waals surface area contributed by atoms with Crippen molar-refractivity contribution >= 4 is 5.91 Å². The summed E-state index contributed by atoms with van der Waals surface area (Å²) in [5.41, 5.74) is 0.599. The second-order valence-corrected chi connectivity index (χ2v) is 6.22. The summed E-state index contributed by atoms with van der Waals surface area (Å²) in [7, 11) is 1.68. The van der Waals surface area contributed by atoms with E-state index in [2.05, 4.69) is 22.2 Å². The van der Waals surface area contributed by atoms with Crippen LogP contribution in [-0.2, 0) is 6.54 Å². The maximum absolute atomic E-state index is 12.2. The Morgan fingerprint density at radius 1 is 1.39 bits per heavy atom. The second kappa shape index (κ2) is 6.52. The zero-order valence-corrected chi connectivity index (χ0v) is 13.2. The summed E-state index contributed by atoms with van der Waals surface area (Å²) < 4.78 is 4.70. The third-order valence-electron chi connectivity index (χ3n) is 4.20. The molecule has 0 bridgehead atoms. The average molecular weight is 315 g/mol. The zero-order chi connectivity index (χ0) is 16.3. The van der Waals surface area contributed by atoms with Crippen LogP contribution in [0.4, 0.5) is 0 Å². The highest BCUT2D eigenvalue weighted by Gasteiger charge is 2.38. The molecule has 0 saturated carbocycles. The molecule has 1 amide bonds. The number of aliphatic hydroxyl groups is 1. The maximum atomic E-state index is 12.2. The monoisotopic (exact) mass is 315 g/mol. The number of β-amino-alcohol motifs (C(OH)–C–C–N with tert-alkyl or cyclic N) is 1. The van der Waals surface area contributed by atoms with Gasteiger partial charge in [-0.05, 0) is 12.0 Å². The van der Waals surface area contributed by atoms with Crippen molar-refractivity contribution in [3.05, 3.63) is 53.9 Å². The fraction of sp³-hybridized carbons (Fsp3) is 0.412. The number of rotatable bonds is 5. The number of benzene rings is 1. The van der Waals surface area contributed by atoms with Crippen LogP contribution in [0.1, 0.15) is 22.5 Å². The number of hydrogen-bond donors (Lipinski definition) is 1. The van der Waals surface area contributed by atoms with Crippen molar-refractivity contribution in [3.8, 4) is 0 Å². The van der Waals surface area contributed by atoms with Gasteiger partial charge in [-0.1, -0.05) is 35.5 Å². The Balaban J connectivity index is 1.57. The van der Waals surface area contributed by atoms with Crippen LogP contribution in [0.15, 0.2) is 47.2 Å². The highest BCUT2D eigenvalue weighted by atomic mass is 16.5. The molecule has 6 heteroatoms. The predicted molar refractivity (Wildman–Crippen MR) is 84.7 cm³/mol. The van der Waals surface area contributed by atoms with Gasteiger partial charge < -0.3 is 14.5 Å². The van der Waals surface area contributed by atoms with E-state index in [4.69, 9.17) is 4.52 Å². The van der Waals surface area contributed by atoms with Gasteiger partial charge in [0.05, 0.1) is 12.1 Å². The largest absolute Gasteiger partial charge is 0.387 e. The van der Waals surface area contributed by atoms with Gasteiger partial charge in [0.15, 0.2) is 5.69 Å². The summed E-state index contributed by atoms with van der Waals surface area (Å²) in [6.45, 7) is 2.46. The van der Waals surface area contributed by atoms with Gasteiger partial charge in [-0.3, -0.25) is 9.69 Å². The maximum Gasteiger partial charge on any atom is 0.275 e. The van der Waals surface area contributed by atoms with Gasteiger partial charge in [0.1, 0.15) is 6.26 Å². The third kappa shape index (κ3) is 3.78. The molecule has 0 aliphatic carbocycles. The Kier molecular flexibility index (Phi) is 4.45. The molecule has 1 aromatic carbocycles. The normalized spacial score (nSPS) is 21.5. The quantitative estimate of drug-likeness (QED) is 0.903. The van der Waals surface area contributed by atoms with E-state index in [1.165, 1.54) is 22.8 Å². The van der Waals surface area contributed by atoms with Gasteiger partial charge in [0.25, 0.3) is 5.91 Å². The summed E-state index contributed by atoms with van der Waals surface area (Å²) in [5.74, 6) is -0.242. The van der Waals surface area contributed by atoms with Gasteiger partial charge >= 0.3 is 0 Å². The van der Waals surface area contributed by atoms with Crippen molar-refractivity contribution in [1.82, 2.24) is 15.0 Å². The van der Waals surface area contributed by atoms with E-state index in [9.17, 15) is 9.90 Å².